The molecular formula is C6H9Br3OTi. The quantitative estimate of drug-likeness (QED) is 0.681. The zero-order valence-electron chi connectivity index (χ0n) is 5.56. The van der Waals surface area contributed by atoms with E-state index in [0.29, 0.717) is 5.75 Å². The van der Waals surface area contributed by atoms with Crippen LogP contribution in [-0.2, 0) is 21.7 Å². The second kappa shape index (κ2) is 13.7. The van der Waals surface area contributed by atoms with Crippen LogP contribution in [0.25, 0.3) is 0 Å². The van der Waals surface area contributed by atoms with Crippen LogP contribution in [0.5, 0.6) is 5.75 Å². The van der Waals surface area contributed by atoms with Crippen molar-refractivity contribution in [2.75, 3.05) is 0 Å². The van der Waals surface area contributed by atoms with Crippen molar-refractivity contribution in [2.45, 2.75) is 0 Å². The molecule has 0 bridgehead atoms. The SMILES string of the molecule is Br.Br.Br.Oc1ccccc1.[Ti]. The number of halogens is 3. The summed E-state index contributed by atoms with van der Waals surface area (Å²) in [5, 5.41) is 8.63. The minimum atomic E-state index is 0. The predicted molar refractivity (Wildman–Crippen MR) is 59.1 cm³/mol. The first-order valence-corrected chi connectivity index (χ1v) is 2.13. The molecule has 0 aliphatic rings. The summed E-state index contributed by atoms with van der Waals surface area (Å²) in [5.41, 5.74) is 0. The number of rotatable bonds is 0. The first-order chi connectivity index (χ1) is 3.39. The van der Waals surface area contributed by atoms with Gasteiger partial charge in [0.05, 0.1) is 0 Å². The van der Waals surface area contributed by atoms with Gasteiger partial charge in [-0.15, -0.1) is 50.9 Å². The van der Waals surface area contributed by atoms with Crippen molar-refractivity contribution in [2.24, 2.45) is 0 Å². The molecule has 1 aromatic rings. The summed E-state index contributed by atoms with van der Waals surface area (Å²) in [6.45, 7) is 0. The molecule has 0 aliphatic heterocycles. The van der Waals surface area contributed by atoms with Crippen LogP contribution in [0.2, 0.25) is 0 Å². The van der Waals surface area contributed by atoms with Crippen LogP contribution in [0, 0.1) is 0 Å². The molecule has 64 valence electrons. The van der Waals surface area contributed by atoms with E-state index >= 15 is 0 Å². The second-order valence-corrected chi connectivity index (χ2v) is 1.34. The van der Waals surface area contributed by atoms with E-state index in [1.165, 1.54) is 0 Å². The molecule has 1 nitrogen and oxygen atoms in total. The van der Waals surface area contributed by atoms with Gasteiger partial charge in [0.1, 0.15) is 5.75 Å². The topological polar surface area (TPSA) is 20.2 Å². The van der Waals surface area contributed by atoms with E-state index in [-0.39, 0.29) is 72.7 Å². The van der Waals surface area contributed by atoms with E-state index in [1.54, 1.807) is 24.3 Å². The molecule has 0 amide bonds. The van der Waals surface area contributed by atoms with E-state index in [9.17, 15) is 0 Å². The van der Waals surface area contributed by atoms with Crippen LogP contribution in [0.1, 0.15) is 0 Å². The van der Waals surface area contributed by atoms with Gasteiger partial charge in [0, 0.05) is 21.7 Å². The van der Waals surface area contributed by atoms with Gasteiger partial charge in [-0.05, 0) is 12.1 Å². The van der Waals surface area contributed by atoms with Crippen molar-refractivity contribution in [3.05, 3.63) is 30.3 Å². The first-order valence-electron chi connectivity index (χ1n) is 2.13. The summed E-state index contributed by atoms with van der Waals surface area (Å²) in [7, 11) is 0. The van der Waals surface area contributed by atoms with Crippen LogP contribution in [0.15, 0.2) is 30.3 Å². The van der Waals surface area contributed by atoms with Crippen molar-refractivity contribution in [1.82, 2.24) is 0 Å². The number of para-hydroxylation sites is 1. The molecule has 11 heavy (non-hydrogen) atoms. The van der Waals surface area contributed by atoms with E-state index in [2.05, 4.69) is 0 Å². The van der Waals surface area contributed by atoms with E-state index < -0.39 is 0 Å². The smallest absolute Gasteiger partial charge is 0.115 e. The van der Waals surface area contributed by atoms with Gasteiger partial charge >= 0.3 is 0 Å². The Bertz CT molecular complexity index is 148. The molecule has 0 saturated heterocycles. The molecular weight excluding hydrogens is 376 g/mol. The zero-order chi connectivity index (χ0) is 5.11. The zero-order valence-corrected chi connectivity index (χ0v) is 12.3. The van der Waals surface area contributed by atoms with E-state index in [0.717, 1.165) is 0 Å². The number of hydrogen-bond acceptors (Lipinski definition) is 1. The largest absolute Gasteiger partial charge is 0.508 e. The Hall–Kier alpha value is 1.17. The van der Waals surface area contributed by atoms with Crippen molar-refractivity contribution >= 4 is 50.9 Å². The van der Waals surface area contributed by atoms with Crippen LogP contribution in [0.4, 0.5) is 0 Å². The normalized spacial score (nSPS) is 5.45. The Morgan fingerprint density at radius 3 is 1.36 bits per heavy atom. The van der Waals surface area contributed by atoms with Crippen molar-refractivity contribution in [3.8, 4) is 5.75 Å². The fraction of sp³-hybridized carbons (Fsp3) is 0. The average molecular weight is 385 g/mol. The molecule has 0 aliphatic carbocycles. The molecule has 1 rings (SSSR count). The molecule has 1 aromatic carbocycles. The van der Waals surface area contributed by atoms with Crippen LogP contribution < -0.4 is 0 Å². The van der Waals surface area contributed by atoms with Crippen molar-refractivity contribution < 1.29 is 26.8 Å². The minimum Gasteiger partial charge on any atom is -0.508 e. The molecule has 0 spiro atoms. The Balaban J connectivity index is -0.0000000612. The molecule has 0 saturated carbocycles. The standard InChI is InChI=1S/C6H6O.3BrH.Ti/c7-6-4-2-1-3-5-6;;;;/h1-5,7H;3*1H;. The molecule has 0 fully saturated rings. The maximum atomic E-state index is 8.63. The predicted octanol–water partition coefficient (Wildman–Crippen LogP) is 3.12. The summed E-state index contributed by atoms with van der Waals surface area (Å²) in [4.78, 5) is 0. The van der Waals surface area contributed by atoms with Crippen LogP contribution in [-0.4, -0.2) is 5.11 Å². The van der Waals surface area contributed by atoms with Crippen LogP contribution in [0.3, 0.4) is 0 Å². The molecule has 0 unspecified atom stereocenters. The first kappa shape index (κ1) is 22.8. The third-order valence-electron chi connectivity index (χ3n) is 0.756. The summed E-state index contributed by atoms with van der Waals surface area (Å²) in [6.07, 6.45) is 0. The van der Waals surface area contributed by atoms with Gasteiger partial charge in [-0.3, -0.25) is 0 Å². The maximum Gasteiger partial charge on any atom is 0.115 e. The summed E-state index contributed by atoms with van der Waals surface area (Å²) >= 11 is 0. The van der Waals surface area contributed by atoms with E-state index in [1.807, 2.05) is 6.07 Å². The number of hydrogen-bond donors (Lipinski definition) is 1. The van der Waals surface area contributed by atoms with Crippen molar-refractivity contribution in [1.29, 1.82) is 0 Å². The van der Waals surface area contributed by atoms with Gasteiger partial charge in [0.2, 0.25) is 0 Å². The fourth-order valence-corrected chi connectivity index (χ4v) is 0.428. The number of phenols is 1. The van der Waals surface area contributed by atoms with Gasteiger partial charge in [0.25, 0.3) is 0 Å². The van der Waals surface area contributed by atoms with Gasteiger partial charge in [-0.2, -0.15) is 0 Å². The Morgan fingerprint density at radius 2 is 1.18 bits per heavy atom. The van der Waals surface area contributed by atoms with E-state index in [4.69, 9.17) is 5.11 Å². The summed E-state index contributed by atoms with van der Waals surface area (Å²) in [5.74, 6) is 0.322. The molecule has 0 aromatic heterocycles. The average Bonchev–Trinajstić information content (AvgIpc) is 1.69. The molecule has 5 heteroatoms. The van der Waals surface area contributed by atoms with Crippen molar-refractivity contribution in [3.63, 3.8) is 0 Å². The molecule has 0 heterocycles. The number of phenolic OH excluding ortho intramolecular Hbond substituents is 1. The van der Waals surface area contributed by atoms with Gasteiger partial charge < -0.3 is 5.11 Å². The summed E-state index contributed by atoms with van der Waals surface area (Å²) in [6, 6.07) is 8.71. The second-order valence-electron chi connectivity index (χ2n) is 1.34. The third kappa shape index (κ3) is 11.2. The van der Waals surface area contributed by atoms with Crippen LogP contribution >= 0.6 is 50.9 Å². The number of benzene rings is 1. The van der Waals surface area contributed by atoms with Gasteiger partial charge in [-0.25, -0.2) is 0 Å². The summed E-state index contributed by atoms with van der Waals surface area (Å²) < 4.78 is 0. The number of aromatic hydroxyl groups is 1. The van der Waals surface area contributed by atoms with Gasteiger partial charge in [0.15, 0.2) is 0 Å². The Kier molecular flexibility index (Phi) is 28.4. The Morgan fingerprint density at radius 1 is 0.818 bits per heavy atom. The maximum absolute atomic E-state index is 8.63. The monoisotopic (exact) mass is 382 g/mol. The third-order valence-corrected chi connectivity index (χ3v) is 0.756. The Labute approximate surface area is 113 Å². The van der Waals surface area contributed by atoms with Gasteiger partial charge in [-0.1, -0.05) is 18.2 Å². The fourth-order valence-electron chi connectivity index (χ4n) is 0.428. The molecule has 1 N–H and O–H groups in total. The minimum absolute atomic E-state index is 0. The molecule has 0 atom stereocenters. The molecule has 0 radical (unpaired) electrons.